The minimum atomic E-state index is 0.313. The van der Waals surface area contributed by atoms with Crippen molar-refractivity contribution >= 4 is 0 Å². The van der Waals surface area contributed by atoms with Crippen LogP contribution >= 0.6 is 0 Å². The molecule has 0 amide bonds. The molecule has 2 heterocycles. The molecule has 2 N–H and O–H groups in total. The fourth-order valence-corrected chi connectivity index (χ4v) is 3.22. The topological polar surface area (TPSA) is 44.0 Å². The SMILES string of the molecule is CNCC1(c2ncc(C3CCCN(C)C3)[nH]2)CC1. The third kappa shape index (κ3) is 2.19. The average Bonchev–Trinajstić information content (AvgIpc) is 2.97. The zero-order chi connectivity index (χ0) is 12.6. The maximum absolute atomic E-state index is 4.66. The van der Waals surface area contributed by atoms with Gasteiger partial charge < -0.3 is 15.2 Å². The molecule has 2 aliphatic rings. The average molecular weight is 248 g/mol. The van der Waals surface area contributed by atoms with Gasteiger partial charge in [0.1, 0.15) is 5.82 Å². The summed E-state index contributed by atoms with van der Waals surface area (Å²) in [4.78, 5) is 10.7. The van der Waals surface area contributed by atoms with Gasteiger partial charge in [-0.2, -0.15) is 0 Å². The van der Waals surface area contributed by atoms with E-state index in [0.717, 1.165) is 6.54 Å². The molecule has 1 aliphatic heterocycles. The van der Waals surface area contributed by atoms with E-state index >= 15 is 0 Å². The summed E-state index contributed by atoms with van der Waals surface area (Å²) in [5.41, 5.74) is 1.66. The normalized spacial score (nSPS) is 27.3. The Morgan fingerprint density at radius 1 is 1.56 bits per heavy atom. The Morgan fingerprint density at radius 2 is 2.39 bits per heavy atom. The van der Waals surface area contributed by atoms with Crippen molar-refractivity contribution in [1.82, 2.24) is 20.2 Å². The number of imidazole rings is 1. The molecule has 2 fully saturated rings. The zero-order valence-electron chi connectivity index (χ0n) is 11.5. The molecule has 18 heavy (non-hydrogen) atoms. The lowest BCUT2D eigenvalue weighted by Gasteiger charge is -2.28. The Balaban J connectivity index is 1.73. The van der Waals surface area contributed by atoms with Crippen LogP contribution in [0.2, 0.25) is 0 Å². The Labute approximate surface area is 109 Å². The van der Waals surface area contributed by atoms with E-state index in [-0.39, 0.29) is 0 Å². The van der Waals surface area contributed by atoms with E-state index in [4.69, 9.17) is 0 Å². The van der Waals surface area contributed by atoms with Gasteiger partial charge in [0, 0.05) is 36.3 Å². The molecule has 4 nitrogen and oxygen atoms in total. The van der Waals surface area contributed by atoms with Gasteiger partial charge in [-0.3, -0.25) is 0 Å². The molecule has 4 heteroatoms. The fourth-order valence-electron chi connectivity index (χ4n) is 3.22. The largest absolute Gasteiger partial charge is 0.345 e. The number of hydrogen-bond donors (Lipinski definition) is 2. The summed E-state index contributed by atoms with van der Waals surface area (Å²) in [6, 6.07) is 0. The maximum Gasteiger partial charge on any atom is 0.113 e. The Hall–Kier alpha value is -0.870. The number of likely N-dealkylation sites (N-methyl/N-ethyl adjacent to an activating group) is 2. The van der Waals surface area contributed by atoms with E-state index in [1.54, 1.807) is 0 Å². The van der Waals surface area contributed by atoms with Crippen LogP contribution in [0, 0.1) is 0 Å². The van der Waals surface area contributed by atoms with Crippen LogP contribution in [-0.4, -0.2) is 48.6 Å². The molecule has 1 unspecified atom stereocenters. The van der Waals surface area contributed by atoms with Crippen LogP contribution in [0.3, 0.4) is 0 Å². The first-order chi connectivity index (χ1) is 8.73. The van der Waals surface area contributed by atoms with Crippen molar-refractivity contribution in [2.24, 2.45) is 0 Å². The number of hydrogen-bond acceptors (Lipinski definition) is 3. The van der Waals surface area contributed by atoms with E-state index in [0.29, 0.717) is 11.3 Å². The third-order valence-corrected chi connectivity index (χ3v) is 4.53. The lowest BCUT2D eigenvalue weighted by atomic mass is 9.96. The predicted molar refractivity (Wildman–Crippen MR) is 72.9 cm³/mol. The van der Waals surface area contributed by atoms with Crippen molar-refractivity contribution in [1.29, 1.82) is 0 Å². The summed E-state index contributed by atoms with van der Waals surface area (Å²) in [7, 11) is 4.24. The predicted octanol–water partition coefficient (Wildman–Crippen LogP) is 1.47. The van der Waals surface area contributed by atoms with Gasteiger partial charge in [-0.15, -0.1) is 0 Å². The zero-order valence-corrected chi connectivity index (χ0v) is 11.5. The lowest BCUT2D eigenvalue weighted by Crippen LogP contribution is -2.31. The summed E-state index contributed by atoms with van der Waals surface area (Å²) in [5.74, 6) is 1.86. The van der Waals surface area contributed by atoms with Crippen LogP contribution in [0.25, 0.3) is 0 Å². The molecule has 1 saturated heterocycles. The first-order valence-corrected chi connectivity index (χ1v) is 7.12. The van der Waals surface area contributed by atoms with Gasteiger partial charge in [0.2, 0.25) is 0 Å². The molecule has 1 saturated carbocycles. The highest BCUT2D eigenvalue weighted by Crippen LogP contribution is 2.46. The standard InChI is InChI=1S/C14H24N4/c1-15-10-14(5-6-14)13-16-8-12(17-13)11-4-3-7-18(2)9-11/h8,11,15H,3-7,9-10H2,1-2H3,(H,16,17). The van der Waals surface area contributed by atoms with Crippen molar-refractivity contribution in [3.8, 4) is 0 Å². The van der Waals surface area contributed by atoms with E-state index in [1.165, 1.54) is 50.3 Å². The molecule has 0 spiro atoms. The summed E-state index contributed by atoms with van der Waals surface area (Å²) >= 11 is 0. The van der Waals surface area contributed by atoms with Gasteiger partial charge in [0.25, 0.3) is 0 Å². The summed E-state index contributed by atoms with van der Waals surface area (Å²) in [5, 5.41) is 3.30. The van der Waals surface area contributed by atoms with Gasteiger partial charge >= 0.3 is 0 Å². The minimum absolute atomic E-state index is 0.313. The number of piperidine rings is 1. The van der Waals surface area contributed by atoms with Gasteiger partial charge in [-0.1, -0.05) is 0 Å². The molecular formula is C14H24N4. The van der Waals surface area contributed by atoms with Crippen molar-refractivity contribution in [2.45, 2.75) is 37.0 Å². The maximum atomic E-state index is 4.66. The van der Waals surface area contributed by atoms with Crippen molar-refractivity contribution in [2.75, 3.05) is 33.7 Å². The molecule has 0 radical (unpaired) electrons. The van der Waals surface area contributed by atoms with E-state index in [9.17, 15) is 0 Å². The highest BCUT2D eigenvalue weighted by atomic mass is 15.1. The van der Waals surface area contributed by atoms with E-state index in [2.05, 4.69) is 33.4 Å². The molecule has 0 aromatic carbocycles. The quantitative estimate of drug-likeness (QED) is 0.848. The van der Waals surface area contributed by atoms with Crippen LogP contribution in [0.15, 0.2) is 6.20 Å². The first-order valence-electron chi connectivity index (χ1n) is 7.12. The number of nitrogens with zero attached hydrogens (tertiary/aromatic N) is 2. The fraction of sp³-hybridized carbons (Fsp3) is 0.786. The Morgan fingerprint density at radius 3 is 3.06 bits per heavy atom. The monoisotopic (exact) mass is 248 g/mol. The molecule has 1 atom stereocenters. The third-order valence-electron chi connectivity index (χ3n) is 4.53. The van der Waals surface area contributed by atoms with Crippen LogP contribution in [0.5, 0.6) is 0 Å². The highest BCUT2D eigenvalue weighted by molar-refractivity contribution is 5.22. The molecule has 100 valence electrons. The van der Waals surface area contributed by atoms with Crippen molar-refractivity contribution < 1.29 is 0 Å². The Kier molecular flexibility index (Phi) is 3.16. The number of H-pyrrole nitrogens is 1. The smallest absolute Gasteiger partial charge is 0.113 e. The van der Waals surface area contributed by atoms with Gasteiger partial charge in [-0.25, -0.2) is 4.98 Å². The minimum Gasteiger partial charge on any atom is -0.345 e. The number of aromatic amines is 1. The van der Waals surface area contributed by atoms with E-state index in [1.807, 2.05) is 7.05 Å². The number of likely N-dealkylation sites (tertiary alicyclic amines) is 1. The molecule has 1 aliphatic carbocycles. The van der Waals surface area contributed by atoms with Crippen LogP contribution in [0.4, 0.5) is 0 Å². The van der Waals surface area contributed by atoms with Crippen LogP contribution < -0.4 is 5.32 Å². The highest BCUT2D eigenvalue weighted by Gasteiger charge is 2.46. The summed E-state index contributed by atoms with van der Waals surface area (Å²) in [6.07, 6.45) is 7.22. The van der Waals surface area contributed by atoms with E-state index < -0.39 is 0 Å². The van der Waals surface area contributed by atoms with Gasteiger partial charge in [0.15, 0.2) is 0 Å². The van der Waals surface area contributed by atoms with Crippen LogP contribution in [0.1, 0.15) is 43.1 Å². The number of rotatable bonds is 4. The second-order valence-corrected chi connectivity index (χ2v) is 6.10. The molecule has 3 rings (SSSR count). The summed E-state index contributed by atoms with van der Waals surface area (Å²) in [6.45, 7) is 3.45. The van der Waals surface area contributed by atoms with Crippen molar-refractivity contribution in [3.05, 3.63) is 17.7 Å². The molecule has 0 bridgehead atoms. The van der Waals surface area contributed by atoms with Gasteiger partial charge in [-0.05, 0) is 46.3 Å². The van der Waals surface area contributed by atoms with Crippen molar-refractivity contribution in [3.63, 3.8) is 0 Å². The van der Waals surface area contributed by atoms with Crippen LogP contribution in [-0.2, 0) is 5.41 Å². The number of nitrogens with one attached hydrogen (secondary N) is 2. The molecular weight excluding hydrogens is 224 g/mol. The molecule has 1 aromatic rings. The number of aromatic nitrogens is 2. The Bertz CT molecular complexity index is 408. The molecule has 1 aromatic heterocycles. The lowest BCUT2D eigenvalue weighted by molar-refractivity contribution is 0.248. The second kappa shape index (κ2) is 4.67. The first kappa shape index (κ1) is 12.2. The van der Waals surface area contributed by atoms with Gasteiger partial charge in [0.05, 0.1) is 0 Å². The second-order valence-electron chi connectivity index (χ2n) is 6.10. The summed E-state index contributed by atoms with van der Waals surface area (Å²) < 4.78 is 0.